The molecule has 4 N–H and O–H groups in total. The summed E-state index contributed by atoms with van der Waals surface area (Å²) < 4.78 is 6.17. The van der Waals surface area contributed by atoms with Crippen LogP contribution in [0.15, 0.2) is 36.4 Å². The average Bonchev–Trinajstić information content (AvgIpc) is 2.90. The summed E-state index contributed by atoms with van der Waals surface area (Å²) in [6, 6.07) is 12.3. The van der Waals surface area contributed by atoms with Crippen molar-refractivity contribution in [2.45, 2.75) is 40.2 Å². The zero-order valence-corrected chi connectivity index (χ0v) is 18.1. The minimum atomic E-state index is 0.296. The fourth-order valence-electron chi connectivity index (χ4n) is 4.28. The van der Waals surface area contributed by atoms with Crippen molar-refractivity contribution in [3.8, 4) is 16.9 Å². The molecule has 0 saturated heterocycles. The molecule has 1 aliphatic rings. The number of anilines is 3. The van der Waals surface area contributed by atoms with Crippen molar-refractivity contribution in [2.24, 2.45) is 0 Å². The normalized spacial score (nSPS) is 13.7. The number of aryl methyl sites for hydroxylation is 2. The summed E-state index contributed by atoms with van der Waals surface area (Å²) in [6.45, 7) is 10.4. The Kier molecular flexibility index (Phi) is 5.24. The summed E-state index contributed by atoms with van der Waals surface area (Å²) in [5, 5.41) is 0. The van der Waals surface area contributed by atoms with Crippen LogP contribution in [0, 0.1) is 13.8 Å². The van der Waals surface area contributed by atoms with Gasteiger partial charge in [-0.05, 0) is 60.7 Å². The SMILES string of the molecule is Cc1cc(-c2cccc(N)c2)cc2c1OCCN(c1nc(N)nc(C)c1C(C)C)C2. The predicted octanol–water partition coefficient (Wildman–Crippen LogP) is 4.45. The molecule has 0 spiro atoms. The van der Waals surface area contributed by atoms with Crippen LogP contribution in [0.4, 0.5) is 17.5 Å². The molecule has 1 aliphatic heterocycles. The maximum absolute atomic E-state index is 6.17. The molecule has 3 aromatic rings. The second-order valence-corrected chi connectivity index (χ2v) is 8.24. The lowest BCUT2D eigenvalue weighted by Gasteiger charge is -2.26. The topological polar surface area (TPSA) is 90.3 Å². The Labute approximate surface area is 177 Å². The molecule has 2 heterocycles. The third-order valence-corrected chi connectivity index (χ3v) is 5.55. The Bertz CT molecular complexity index is 1090. The van der Waals surface area contributed by atoms with E-state index >= 15 is 0 Å². The first-order chi connectivity index (χ1) is 14.3. The monoisotopic (exact) mass is 403 g/mol. The van der Waals surface area contributed by atoms with E-state index in [2.05, 4.69) is 53.8 Å². The third-order valence-electron chi connectivity index (χ3n) is 5.55. The van der Waals surface area contributed by atoms with Crippen LogP contribution in [-0.2, 0) is 6.54 Å². The summed E-state index contributed by atoms with van der Waals surface area (Å²) in [4.78, 5) is 11.3. The van der Waals surface area contributed by atoms with Crippen LogP contribution in [0.5, 0.6) is 5.75 Å². The highest BCUT2D eigenvalue weighted by molar-refractivity contribution is 5.71. The van der Waals surface area contributed by atoms with E-state index in [-0.39, 0.29) is 0 Å². The molecule has 0 atom stereocenters. The molecule has 0 saturated carbocycles. The van der Waals surface area contributed by atoms with Gasteiger partial charge in [-0.1, -0.05) is 26.0 Å². The number of hydrogen-bond acceptors (Lipinski definition) is 6. The maximum atomic E-state index is 6.17. The van der Waals surface area contributed by atoms with Gasteiger partial charge in [-0.25, -0.2) is 4.98 Å². The van der Waals surface area contributed by atoms with Crippen molar-refractivity contribution in [1.82, 2.24) is 9.97 Å². The highest BCUT2D eigenvalue weighted by atomic mass is 16.5. The van der Waals surface area contributed by atoms with Gasteiger partial charge in [-0.15, -0.1) is 0 Å². The number of fused-ring (bicyclic) bond motifs is 1. The first kappa shape index (κ1) is 20.0. The molecule has 30 heavy (non-hydrogen) atoms. The molecular formula is C24H29N5O. The van der Waals surface area contributed by atoms with Gasteiger partial charge in [0.2, 0.25) is 5.95 Å². The second kappa shape index (κ2) is 7.86. The van der Waals surface area contributed by atoms with Gasteiger partial charge < -0.3 is 21.1 Å². The molecule has 0 fully saturated rings. The first-order valence-electron chi connectivity index (χ1n) is 10.3. The fraction of sp³-hybridized carbons (Fsp3) is 0.333. The predicted molar refractivity (Wildman–Crippen MR) is 123 cm³/mol. The first-order valence-corrected chi connectivity index (χ1v) is 10.3. The maximum Gasteiger partial charge on any atom is 0.222 e. The lowest BCUT2D eigenvalue weighted by Crippen LogP contribution is -2.28. The van der Waals surface area contributed by atoms with Crippen LogP contribution in [0.25, 0.3) is 11.1 Å². The Morgan fingerprint density at radius 1 is 1.03 bits per heavy atom. The van der Waals surface area contributed by atoms with Crippen molar-refractivity contribution >= 4 is 17.5 Å². The number of nitrogens with zero attached hydrogens (tertiary/aromatic N) is 3. The fourth-order valence-corrected chi connectivity index (χ4v) is 4.28. The van der Waals surface area contributed by atoms with E-state index in [1.54, 1.807) is 0 Å². The van der Waals surface area contributed by atoms with Crippen molar-refractivity contribution in [2.75, 3.05) is 29.5 Å². The smallest absolute Gasteiger partial charge is 0.222 e. The van der Waals surface area contributed by atoms with Gasteiger partial charge in [0.05, 0.1) is 6.54 Å². The summed E-state index contributed by atoms with van der Waals surface area (Å²) >= 11 is 0. The Morgan fingerprint density at radius 2 is 1.83 bits per heavy atom. The molecule has 156 valence electrons. The molecule has 6 heteroatoms. The van der Waals surface area contributed by atoms with Crippen LogP contribution in [0.2, 0.25) is 0 Å². The van der Waals surface area contributed by atoms with E-state index in [1.165, 1.54) is 0 Å². The quantitative estimate of drug-likeness (QED) is 0.628. The third kappa shape index (κ3) is 3.77. The molecule has 0 amide bonds. The zero-order chi connectivity index (χ0) is 21.4. The number of nitrogen functional groups attached to an aromatic ring is 2. The van der Waals surface area contributed by atoms with Gasteiger partial charge in [0.25, 0.3) is 0 Å². The molecule has 0 bridgehead atoms. The molecule has 0 radical (unpaired) electrons. The van der Waals surface area contributed by atoms with E-state index in [0.29, 0.717) is 25.0 Å². The number of hydrogen-bond donors (Lipinski definition) is 2. The van der Waals surface area contributed by atoms with Gasteiger partial charge in [0.1, 0.15) is 18.2 Å². The molecule has 0 aliphatic carbocycles. The van der Waals surface area contributed by atoms with Gasteiger partial charge in [-0.3, -0.25) is 0 Å². The molecule has 0 unspecified atom stereocenters. The molecular weight excluding hydrogens is 374 g/mol. The highest BCUT2D eigenvalue weighted by Gasteiger charge is 2.24. The summed E-state index contributed by atoms with van der Waals surface area (Å²) in [7, 11) is 0. The Morgan fingerprint density at radius 3 is 2.57 bits per heavy atom. The average molecular weight is 404 g/mol. The van der Waals surface area contributed by atoms with E-state index in [0.717, 1.165) is 57.3 Å². The number of nitrogens with two attached hydrogens (primary N) is 2. The molecule has 6 nitrogen and oxygen atoms in total. The zero-order valence-electron chi connectivity index (χ0n) is 18.1. The van der Waals surface area contributed by atoms with Crippen LogP contribution >= 0.6 is 0 Å². The van der Waals surface area contributed by atoms with E-state index < -0.39 is 0 Å². The Hall–Kier alpha value is -3.28. The van der Waals surface area contributed by atoms with Crippen LogP contribution < -0.4 is 21.1 Å². The van der Waals surface area contributed by atoms with Crippen molar-refractivity contribution in [3.05, 3.63) is 58.8 Å². The second-order valence-electron chi connectivity index (χ2n) is 8.24. The standard InChI is InChI=1S/C24H29N5O/c1-14(2)21-16(4)27-24(26)28-23(21)29-8-9-30-22-15(3)10-18(11-19(22)13-29)17-6-5-7-20(25)12-17/h5-7,10-12,14H,8-9,13,25H2,1-4H3,(H2,26,27,28). The number of rotatable bonds is 3. The summed E-state index contributed by atoms with van der Waals surface area (Å²) in [5.41, 5.74) is 19.3. The van der Waals surface area contributed by atoms with Crippen LogP contribution in [0.1, 0.15) is 42.1 Å². The van der Waals surface area contributed by atoms with Gasteiger partial charge in [0.15, 0.2) is 0 Å². The molecule has 1 aromatic heterocycles. The van der Waals surface area contributed by atoms with E-state index in [9.17, 15) is 0 Å². The van der Waals surface area contributed by atoms with Crippen LogP contribution in [-0.4, -0.2) is 23.1 Å². The Balaban J connectivity index is 1.79. The van der Waals surface area contributed by atoms with Gasteiger partial charge >= 0.3 is 0 Å². The van der Waals surface area contributed by atoms with E-state index in [1.807, 2.05) is 25.1 Å². The lowest BCUT2D eigenvalue weighted by atomic mass is 9.98. The van der Waals surface area contributed by atoms with Crippen molar-refractivity contribution in [3.63, 3.8) is 0 Å². The molecule has 4 rings (SSSR count). The summed E-state index contributed by atoms with van der Waals surface area (Å²) in [5.74, 6) is 2.46. The highest BCUT2D eigenvalue weighted by Crippen LogP contribution is 2.36. The largest absolute Gasteiger partial charge is 0.491 e. The van der Waals surface area contributed by atoms with Gasteiger partial charge in [-0.2, -0.15) is 4.98 Å². The molecule has 2 aromatic carbocycles. The van der Waals surface area contributed by atoms with Crippen LogP contribution in [0.3, 0.4) is 0 Å². The number of ether oxygens (including phenoxy) is 1. The number of benzene rings is 2. The van der Waals surface area contributed by atoms with Gasteiger partial charge in [0, 0.05) is 29.1 Å². The number of aromatic nitrogens is 2. The minimum Gasteiger partial charge on any atom is -0.491 e. The van der Waals surface area contributed by atoms with Crippen molar-refractivity contribution < 1.29 is 4.74 Å². The van der Waals surface area contributed by atoms with E-state index in [4.69, 9.17) is 16.2 Å². The van der Waals surface area contributed by atoms with Crippen molar-refractivity contribution in [1.29, 1.82) is 0 Å². The summed E-state index contributed by atoms with van der Waals surface area (Å²) in [6.07, 6.45) is 0. The minimum absolute atomic E-state index is 0.296. The lowest BCUT2D eigenvalue weighted by molar-refractivity contribution is 0.329.